The highest BCUT2D eigenvalue weighted by molar-refractivity contribution is 6.00. The van der Waals surface area contributed by atoms with Crippen molar-refractivity contribution in [3.8, 4) is 5.75 Å². The SMILES string of the molecule is NNC=Nc1cccc(C(=O)NCC(=O)Nc2cc(O)c(CCC(=O)O)cc2[N+](=O)[O-])c1.O=C(O)C(F)(F)F. The van der Waals surface area contributed by atoms with E-state index >= 15 is 0 Å². The molecule has 210 valence electrons. The van der Waals surface area contributed by atoms with E-state index in [1.807, 2.05) is 0 Å². The topological polar surface area (TPSA) is 247 Å². The summed E-state index contributed by atoms with van der Waals surface area (Å²) in [5.74, 6) is -0.563. The first-order valence-corrected chi connectivity index (χ1v) is 10.3. The van der Waals surface area contributed by atoms with Gasteiger partial charge in [0.25, 0.3) is 11.6 Å². The lowest BCUT2D eigenvalue weighted by Gasteiger charge is -2.10. The van der Waals surface area contributed by atoms with Gasteiger partial charge in [-0.3, -0.25) is 24.5 Å². The van der Waals surface area contributed by atoms with Gasteiger partial charge in [-0.2, -0.15) is 13.2 Å². The number of amides is 2. The molecule has 2 aromatic rings. The van der Waals surface area contributed by atoms with E-state index in [9.17, 15) is 42.8 Å². The molecule has 0 spiro atoms. The Hall–Kier alpha value is -5.26. The molecule has 0 saturated heterocycles. The second-order valence-corrected chi connectivity index (χ2v) is 7.16. The number of carboxylic acid groups (broad SMARTS) is 2. The maximum absolute atomic E-state index is 12.2. The number of phenolic OH excluding ortho intramolecular Hbond substituents is 1. The number of nitrogens with two attached hydrogens (primary N) is 1. The van der Waals surface area contributed by atoms with Crippen LogP contribution in [0, 0.1) is 10.1 Å². The fourth-order valence-electron chi connectivity index (χ4n) is 2.61. The fraction of sp³-hybridized carbons (Fsp3) is 0.190. The van der Waals surface area contributed by atoms with Gasteiger partial charge in [-0.1, -0.05) is 6.07 Å². The Bertz CT molecular complexity index is 1270. The summed E-state index contributed by atoms with van der Waals surface area (Å²) in [5, 5.41) is 41.8. The number of aliphatic imine (C=N–C) groups is 1. The predicted octanol–water partition coefficient (Wildman–Crippen LogP) is 1.44. The summed E-state index contributed by atoms with van der Waals surface area (Å²) in [7, 11) is 0. The monoisotopic (exact) mass is 558 g/mol. The molecule has 0 saturated carbocycles. The summed E-state index contributed by atoms with van der Waals surface area (Å²) < 4.78 is 31.7. The third-order valence-electron chi connectivity index (χ3n) is 4.32. The fourth-order valence-corrected chi connectivity index (χ4v) is 2.61. The second-order valence-electron chi connectivity index (χ2n) is 7.16. The molecule has 39 heavy (non-hydrogen) atoms. The number of aliphatic carboxylic acids is 2. The number of hydrogen-bond acceptors (Lipinski definition) is 9. The lowest BCUT2D eigenvalue weighted by molar-refractivity contribution is -0.384. The van der Waals surface area contributed by atoms with E-state index in [1.165, 1.54) is 18.5 Å². The summed E-state index contributed by atoms with van der Waals surface area (Å²) in [6.45, 7) is -0.505. The zero-order valence-corrected chi connectivity index (χ0v) is 19.6. The summed E-state index contributed by atoms with van der Waals surface area (Å²) in [6, 6.07) is 8.12. The first kappa shape index (κ1) is 31.8. The number of carbonyl (C=O) groups is 4. The van der Waals surface area contributed by atoms with Crippen LogP contribution in [-0.4, -0.2) is 63.1 Å². The van der Waals surface area contributed by atoms with Crippen molar-refractivity contribution in [2.75, 3.05) is 11.9 Å². The van der Waals surface area contributed by atoms with Gasteiger partial charge in [0, 0.05) is 29.7 Å². The van der Waals surface area contributed by atoms with Gasteiger partial charge in [-0.15, -0.1) is 0 Å². The quantitative estimate of drug-likeness (QED) is 0.0722. The van der Waals surface area contributed by atoms with Crippen LogP contribution in [0.15, 0.2) is 41.4 Å². The number of aromatic hydroxyl groups is 1. The number of benzene rings is 2. The first-order valence-electron chi connectivity index (χ1n) is 10.3. The Balaban J connectivity index is 0.000000956. The molecule has 0 aliphatic rings. The van der Waals surface area contributed by atoms with Crippen molar-refractivity contribution >= 4 is 47.2 Å². The van der Waals surface area contributed by atoms with Crippen molar-refractivity contribution < 1.29 is 52.6 Å². The zero-order valence-electron chi connectivity index (χ0n) is 19.6. The normalized spacial score (nSPS) is 10.7. The lowest BCUT2D eigenvalue weighted by Crippen LogP contribution is -2.33. The zero-order chi connectivity index (χ0) is 29.8. The molecule has 0 heterocycles. The van der Waals surface area contributed by atoms with Crippen LogP contribution in [0.3, 0.4) is 0 Å². The average Bonchev–Trinajstić information content (AvgIpc) is 2.85. The number of nitrogens with one attached hydrogen (secondary N) is 3. The number of carbonyl (C=O) groups excluding carboxylic acids is 2. The van der Waals surface area contributed by atoms with E-state index < -0.39 is 52.8 Å². The molecule has 2 amide bonds. The van der Waals surface area contributed by atoms with Crippen LogP contribution in [0.4, 0.5) is 30.2 Å². The summed E-state index contributed by atoms with van der Waals surface area (Å²) in [5.41, 5.74) is 2.11. The number of anilines is 1. The van der Waals surface area contributed by atoms with E-state index in [4.69, 9.17) is 20.9 Å². The van der Waals surface area contributed by atoms with Gasteiger partial charge in [0.2, 0.25) is 5.91 Å². The minimum Gasteiger partial charge on any atom is -0.508 e. The van der Waals surface area contributed by atoms with Crippen LogP contribution in [0.25, 0.3) is 0 Å². The van der Waals surface area contributed by atoms with Gasteiger partial charge in [-0.25, -0.2) is 15.6 Å². The number of aryl methyl sites for hydroxylation is 1. The van der Waals surface area contributed by atoms with Crippen molar-refractivity contribution in [3.63, 3.8) is 0 Å². The van der Waals surface area contributed by atoms with Crippen molar-refractivity contribution in [1.29, 1.82) is 0 Å². The molecule has 0 aliphatic carbocycles. The van der Waals surface area contributed by atoms with Gasteiger partial charge in [0.05, 0.1) is 17.2 Å². The standard InChI is InChI=1S/C19H20N6O7.C2HF3O2/c20-23-10-22-13-3-1-2-12(6-13)19(30)21-9-17(27)24-14-8-16(26)11(4-5-18(28)29)7-15(14)25(31)32;3-2(4,5)1(6)7/h1-3,6-8,10,26H,4-5,9,20H2,(H,21,30)(H,22,23)(H,24,27)(H,28,29);(H,6,7). The third-order valence-corrected chi connectivity index (χ3v) is 4.32. The maximum atomic E-state index is 12.2. The molecule has 18 heteroatoms. The Morgan fingerprint density at radius 2 is 1.77 bits per heavy atom. The number of phenols is 1. The average molecular weight is 558 g/mol. The molecular weight excluding hydrogens is 537 g/mol. The van der Waals surface area contributed by atoms with E-state index in [0.29, 0.717) is 5.69 Å². The number of carboxylic acids is 2. The molecule has 0 radical (unpaired) electrons. The van der Waals surface area contributed by atoms with Crippen LogP contribution in [0.5, 0.6) is 5.75 Å². The summed E-state index contributed by atoms with van der Waals surface area (Å²) in [6.07, 6.45) is -4.33. The number of nitrogens with zero attached hydrogens (tertiary/aromatic N) is 2. The summed E-state index contributed by atoms with van der Waals surface area (Å²) in [4.78, 5) is 58.5. The smallest absolute Gasteiger partial charge is 0.490 e. The molecule has 15 nitrogen and oxygen atoms in total. The van der Waals surface area contributed by atoms with Crippen molar-refractivity contribution in [2.45, 2.75) is 19.0 Å². The summed E-state index contributed by atoms with van der Waals surface area (Å²) >= 11 is 0. The van der Waals surface area contributed by atoms with Gasteiger partial charge in [0.1, 0.15) is 17.8 Å². The molecule has 2 aromatic carbocycles. The molecular formula is C21H21F3N6O9. The molecule has 0 atom stereocenters. The maximum Gasteiger partial charge on any atom is 0.490 e. The van der Waals surface area contributed by atoms with Gasteiger partial charge in [-0.05, 0) is 24.6 Å². The Morgan fingerprint density at radius 3 is 2.31 bits per heavy atom. The van der Waals surface area contributed by atoms with Crippen LogP contribution in [0.1, 0.15) is 22.3 Å². The number of hydrazine groups is 1. The van der Waals surface area contributed by atoms with E-state index in [0.717, 1.165) is 12.1 Å². The minimum absolute atomic E-state index is 0.0535. The number of halogens is 3. The van der Waals surface area contributed by atoms with E-state index in [1.54, 1.807) is 12.1 Å². The molecule has 0 bridgehead atoms. The van der Waals surface area contributed by atoms with Crippen molar-refractivity contribution in [2.24, 2.45) is 10.8 Å². The van der Waals surface area contributed by atoms with E-state index in [2.05, 4.69) is 21.1 Å². The van der Waals surface area contributed by atoms with Gasteiger partial charge >= 0.3 is 18.1 Å². The highest BCUT2D eigenvalue weighted by Gasteiger charge is 2.38. The molecule has 0 fully saturated rings. The Labute approximate surface area is 216 Å². The minimum atomic E-state index is -5.08. The van der Waals surface area contributed by atoms with E-state index in [-0.39, 0.29) is 29.7 Å². The number of alkyl halides is 3. The third kappa shape index (κ3) is 11.1. The Kier molecular flexibility index (Phi) is 11.8. The van der Waals surface area contributed by atoms with Crippen LogP contribution < -0.4 is 21.9 Å². The number of nitro benzene ring substituents is 1. The van der Waals surface area contributed by atoms with Crippen molar-refractivity contribution in [1.82, 2.24) is 10.7 Å². The van der Waals surface area contributed by atoms with Crippen molar-refractivity contribution in [3.05, 3.63) is 57.6 Å². The van der Waals surface area contributed by atoms with Crippen LogP contribution in [-0.2, 0) is 20.8 Å². The van der Waals surface area contributed by atoms with Crippen LogP contribution in [0.2, 0.25) is 0 Å². The number of hydrogen-bond donors (Lipinski definition) is 7. The lowest BCUT2D eigenvalue weighted by atomic mass is 10.1. The highest BCUT2D eigenvalue weighted by atomic mass is 19.4. The van der Waals surface area contributed by atoms with Gasteiger partial charge < -0.3 is 31.4 Å². The molecule has 0 aromatic heterocycles. The number of rotatable bonds is 10. The predicted molar refractivity (Wildman–Crippen MR) is 127 cm³/mol. The largest absolute Gasteiger partial charge is 0.508 e. The second kappa shape index (κ2) is 14.5. The highest BCUT2D eigenvalue weighted by Crippen LogP contribution is 2.32. The number of nitro groups is 1. The Morgan fingerprint density at radius 1 is 1.13 bits per heavy atom. The first-order chi connectivity index (χ1) is 18.1. The molecule has 0 unspecified atom stereocenters. The van der Waals surface area contributed by atoms with Gasteiger partial charge in [0.15, 0.2) is 0 Å². The molecule has 2 rings (SSSR count). The van der Waals surface area contributed by atoms with Crippen LogP contribution >= 0.6 is 0 Å². The molecule has 8 N–H and O–H groups in total. The molecule has 0 aliphatic heterocycles.